The van der Waals surface area contributed by atoms with E-state index in [1.165, 1.54) is 11.1 Å². The maximum Gasteiger partial charge on any atom is 0.227 e. The van der Waals surface area contributed by atoms with Gasteiger partial charge in [0, 0.05) is 38.6 Å². The monoisotopic (exact) mass is 366 g/mol. The molecule has 27 heavy (non-hydrogen) atoms. The lowest BCUT2D eigenvalue weighted by Gasteiger charge is -2.36. The molecular formula is C21H26N4O2. The number of anilines is 1. The lowest BCUT2D eigenvalue weighted by Crippen LogP contribution is -2.46. The summed E-state index contributed by atoms with van der Waals surface area (Å²) < 4.78 is 5.62. The molecule has 1 unspecified atom stereocenters. The maximum absolute atomic E-state index is 13.2. The van der Waals surface area contributed by atoms with Gasteiger partial charge in [0.2, 0.25) is 11.9 Å². The Labute approximate surface area is 160 Å². The van der Waals surface area contributed by atoms with Crippen LogP contribution in [0.2, 0.25) is 0 Å². The van der Waals surface area contributed by atoms with E-state index >= 15 is 0 Å². The van der Waals surface area contributed by atoms with Gasteiger partial charge < -0.3 is 14.5 Å². The van der Waals surface area contributed by atoms with Gasteiger partial charge in [-0.1, -0.05) is 6.07 Å². The van der Waals surface area contributed by atoms with Gasteiger partial charge in [-0.15, -0.1) is 0 Å². The number of benzene rings is 1. The zero-order valence-electron chi connectivity index (χ0n) is 15.8. The van der Waals surface area contributed by atoms with Gasteiger partial charge in [-0.25, -0.2) is 9.97 Å². The van der Waals surface area contributed by atoms with Crippen molar-refractivity contribution < 1.29 is 9.53 Å². The van der Waals surface area contributed by atoms with E-state index in [4.69, 9.17) is 4.74 Å². The highest BCUT2D eigenvalue weighted by Gasteiger charge is 2.31. The largest absolute Gasteiger partial charge is 0.494 e. The zero-order valence-corrected chi connectivity index (χ0v) is 15.8. The van der Waals surface area contributed by atoms with Crippen LogP contribution in [0.25, 0.3) is 0 Å². The number of nitrogens with zero attached hydrogens (tertiary/aromatic N) is 4. The fourth-order valence-corrected chi connectivity index (χ4v) is 4.05. The molecule has 3 heterocycles. The van der Waals surface area contributed by atoms with E-state index in [9.17, 15) is 4.79 Å². The first kappa shape index (κ1) is 17.8. The van der Waals surface area contributed by atoms with Crippen molar-refractivity contribution in [2.75, 3.05) is 31.1 Å². The summed E-state index contributed by atoms with van der Waals surface area (Å²) in [4.78, 5) is 26.0. The summed E-state index contributed by atoms with van der Waals surface area (Å²) in [6.07, 6.45) is 6.35. The van der Waals surface area contributed by atoms with E-state index in [1.54, 1.807) is 12.4 Å². The summed E-state index contributed by atoms with van der Waals surface area (Å²) in [6.45, 7) is 5.71. The third-order valence-electron chi connectivity index (χ3n) is 5.42. The van der Waals surface area contributed by atoms with Crippen molar-refractivity contribution in [2.45, 2.75) is 32.7 Å². The molecule has 0 spiro atoms. The number of carbonyl (C=O) groups excluding carboxylic acids is 1. The van der Waals surface area contributed by atoms with Crippen LogP contribution >= 0.6 is 0 Å². The molecule has 1 atom stereocenters. The molecule has 6 nitrogen and oxygen atoms in total. The second-order valence-electron chi connectivity index (χ2n) is 7.21. The fraction of sp³-hybridized carbons (Fsp3) is 0.476. The predicted molar refractivity (Wildman–Crippen MR) is 104 cm³/mol. The van der Waals surface area contributed by atoms with Crippen molar-refractivity contribution in [1.29, 1.82) is 0 Å². The van der Waals surface area contributed by atoms with Gasteiger partial charge in [-0.3, -0.25) is 4.79 Å². The third kappa shape index (κ3) is 3.89. The van der Waals surface area contributed by atoms with Crippen LogP contribution in [0.15, 0.2) is 36.7 Å². The number of carbonyl (C=O) groups is 1. The number of amides is 1. The van der Waals surface area contributed by atoms with Crippen LogP contribution in [0.5, 0.6) is 5.75 Å². The second kappa shape index (κ2) is 7.94. The number of hydrogen-bond donors (Lipinski definition) is 0. The molecule has 0 radical (unpaired) electrons. The van der Waals surface area contributed by atoms with Crippen molar-refractivity contribution in [2.24, 2.45) is 5.92 Å². The Morgan fingerprint density at radius 3 is 2.89 bits per heavy atom. The molecule has 1 aromatic heterocycles. The Morgan fingerprint density at radius 1 is 1.22 bits per heavy atom. The molecule has 0 N–H and O–H groups in total. The summed E-state index contributed by atoms with van der Waals surface area (Å²) in [7, 11) is 0. The van der Waals surface area contributed by atoms with Gasteiger partial charge >= 0.3 is 0 Å². The first-order valence-corrected chi connectivity index (χ1v) is 9.80. The molecule has 1 fully saturated rings. The lowest BCUT2D eigenvalue weighted by molar-refractivity contribution is -0.136. The smallest absolute Gasteiger partial charge is 0.227 e. The topological polar surface area (TPSA) is 58.6 Å². The van der Waals surface area contributed by atoms with Crippen LogP contribution in [0.1, 0.15) is 30.9 Å². The van der Waals surface area contributed by atoms with Crippen molar-refractivity contribution in [3.05, 3.63) is 47.8 Å². The van der Waals surface area contributed by atoms with Gasteiger partial charge in [-0.2, -0.15) is 0 Å². The van der Waals surface area contributed by atoms with Gasteiger partial charge in [0.05, 0.1) is 12.5 Å². The van der Waals surface area contributed by atoms with Crippen LogP contribution < -0.4 is 9.64 Å². The minimum absolute atomic E-state index is 0.0131. The molecule has 1 saturated heterocycles. The highest BCUT2D eigenvalue weighted by atomic mass is 16.5. The number of aromatic nitrogens is 2. The van der Waals surface area contributed by atoms with Crippen LogP contribution in [0.3, 0.4) is 0 Å². The Kier molecular flexibility index (Phi) is 5.23. The average molecular weight is 366 g/mol. The maximum atomic E-state index is 13.2. The molecule has 1 amide bonds. The van der Waals surface area contributed by atoms with Crippen molar-refractivity contribution in [1.82, 2.24) is 14.9 Å². The Morgan fingerprint density at radius 2 is 2.07 bits per heavy atom. The summed E-state index contributed by atoms with van der Waals surface area (Å²) in [6, 6.07) is 8.07. The van der Waals surface area contributed by atoms with Crippen LogP contribution in [-0.4, -0.2) is 47.0 Å². The molecule has 0 saturated carbocycles. The Bertz CT molecular complexity index is 796. The molecule has 4 rings (SSSR count). The molecule has 2 aliphatic heterocycles. The van der Waals surface area contributed by atoms with E-state index in [-0.39, 0.29) is 11.8 Å². The number of piperidine rings is 1. The number of fused-ring (bicyclic) bond motifs is 1. The van der Waals surface area contributed by atoms with E-state index < -0.39 is 0 Å². The van der Waals surface area contributed by atoms with E-state index in [0.717, 1.165) is 44.0 Å². The quantitative estimate of drug-likeness (QED) is 0.833. The summed E-state index contributed by atoms with van der Waals surface area (Å²) in [5.41, 5.74) is 2.53. The van der Waals surface area contributed by atoms with Crippen molar-refractivity contribution >= 4 is 11.9 Å². The SMILES string of the molecule is CCOc1ccc2c(c1)CN(C(=O)C1CCCN(c3ncccn3)C1)CC2. The highest BCUT2D eigenvalue weighted by molar-refractivity contribution is 5.80. The molecular weight excluding hydrogens is 340 g/mol. The third-order valence-corrected chi connectivity index (χ3v) is 5.42. The van der Waals surface area contributed by atoms with Gasteiger partial charge in [0.25, 0.3) is 0 Å². The molecule has 2 aromatic rings. The fourth-order valence-electron chi connectivity index (χ4n) is 4.05. The van der Waals surface area contributed by atoms with E-state index in [0.29, 0.717) is 19.7 Å². The molecule has 6 heteroatoms. The standard InChI is InChI=1S/C21H26N4O2/c1-2-27-19-7-6-16-8-12-24(15-18(16)13-19)20(26)17-5-3-11-25(14-17)21-22-9-4-10-23-21/h4,6-7,9-10,13,17H,2-3,5,8,11-12,14-15H2,1H3. The van der Waals surface area contributed by atoms with Crippen LogP contribution in [0.4, 0.5) is 5.95 Å². The van der Waals surface area contributed by atoms with E-state index in [1.807, 2.05) is 24.0 Å². The minimum Gasteiger partial charge on any atom is -0.494 e. The highest BCUT2D eigenvalue weighted by Crippen LogP contribution is 2.27. The van der Waals surface area contributed by atoms with Crippen molar-refractivity contribution in [3.63, 3.8) is 0 Å². The molecule has 0 bridgehead atoms. The minimum atomic E-state index is 0.0131. The zero-order chi connectivity index (χ0) is 18.6. The van der Waals surface area contributed by atoms with Gasteiger partial charge in [0.1, 0.15) is 5.75 Å². The number of rotatable bonds is 4. The van der Waals surface area contributed by atoms with Crippen LogP contribution in [0, 0.1) is 5.92 Å². The average Bonchev–Trinajstić information content (AvgIpc) is 2.74. The van der Waals surface area contributed by atoms with Crippen molar-refractivity contribution in [3.8, 4) is 5.75 Å². The molecule has 2 aliphatic rings. The summed E-state index contributed by atoms with van der Waals surface area (Å²) >= 11 is 0. The first-order valence-electron chi connectivity index (χ1n) is 9.80. The predicted octanol–water partition coefficient (Wildman–Crippen LogP) is 2.68. The van der Waals surface area contributed by atoms with E-state index in [2.05, 4.69) is 27.0 Å². The molecule has 142 valence electrons. The summed E-state index contributed by atoms with van der Waals surface area (Å²) in [5.74, 6) is 1.87. The Balaban J connectivity index is 1.44. The number of ether oxygens (including phenoxy) is 1. The van der Waals surface area contributed by atoms with Gasteiger partial charge in [0.15, 0.2) is 0 Å². The molecule has 0 aliphatic carbocycles. The summed E-state index contributed by atoms with van der Waals surface area (Å²) in [5, 5.41) is 0. The lowest BCUT2D eigenvalue weighted by atomic mass is 9.94. The first-order chi connectivity index (χ1) is 13.2. The second-order valence-corrected chi connectivity index (χ2v) is 7.21. The van der Waals surface area contributed by atoms with Gasteiger partial charge in [-0.05, 0) is 55.5 Å². The Hall–Kier alpha value is -2.63. The number of hydrogen-bond acceptors (Lipinski definition) is 5. The molecule has 1 aromatic carbocycles. The normalized spacial score (nSPS) is 19.5. The van der Waals surface area contributed by atoms with Crippen LogP contribution in [-0.2, 0) is 17.8 Å².